The van der Waals surface area contributed by atoms with E-state index in [1.165, 1.54) is 4.90 Å². The summed E-state index contributed by atoms with van der Waals surface area (Å²) in [6, 6.07) is -17.7. The summed E-state index contributed by atoms with van der Waals surface area (Å²) in [5.41, 5.74) is 41.7. The number of aliphatic carboxylic acids is 1. The predicted molar refractivity (Wildman–Crippen MR) is 417 cm³/mol. The fourth-order valence-electron chi connectivity index (χ4n) is 13.3. The lowest BCUT2D eigenvalue weighted by Gasteiger charge is -2.30. The van der Waals surface area contributed by atoms with Gasteiger partial charge in [-0.05, 0) is 244 Å². The minimum atomic E-state index is -1.46. The number of nitrogens with one attached hydrogen (secondary N) is 12. The van der Waals surface area contributed by atoms with Crippen LogP contribution in [0.15, 0.2) is 24.3 Å². The molecule has 3 aliphatic heterocycles. The standard InChI is InChI=1S/C75H134N20O15/c1-47(2)44-49(82)64(98)86-53(32-15-21-39-78)67(101)88-55-29-11-7-8-12-30-56(70(104)92-59(35-18-24-42-81)72(106)93-60(74(108)109)45-48(3)4)89-71(105)58(34-17-23-41-80)91-68(102)54-28-10-6-5-9-26-50(85-66(100)57(90-69(55)103)33-16-22-40-79)63(97)51(27-13-19-37-76)94-75(110)95-43-25-36-61(95)73(107)83-46-62(96)84-52(65(99)87-54)31-14-20-38-77/h5-8,47-61H,9-46,76-82H2,1-4H3,(H,83,107)(H,84,96)(H,85,100)(H,86,98)(H,87,99)(H,88,101)(H,89,105)(H,90,103)(H,91,102)(H,92,104)(H,93,106)(H,94,110)(H,108,109)/b6-5+,8-7+/t49-,50-,51-,52-,53-,54-,55-,56-,57-,58-,59-,60-,61+/m0/s1. The molecule has 0 aromatic rings. The number of Topliss-reactive ketones (excluding diaryl/α,β-unsaturated/α-hetero) is 1. The highest BCUT2D eigenvalue weighted by molar-refractivity contribution is 6.00. The molecule has 2 bridgehead atoms. The number of nitrogens with zero attached hydrogens (tertiary/aromatic N) is 1. The van der Waals surface area contributed by atoms with Crippen LogP contribution in [-0.4, -0.2) is 224 Å². The molecule has 35 nitrogen and oxygen atoms in total. The van der Waals surface area contributed by atoms with E-state index in [4.69, 9.17) is 40.1 Å². The van der Waals surface area contributed by atoms with Crippen LogP contribution in [0.3, 0.4) is 0 Å². The second-order valence-electron chi connectivity index (χ2n) is 29.8. The van der Waals surface area contributed by atoms with Crippen molar-refractivity contribution in [3.63, 3.8) is 0 Å². The van der Waals surface area contributed by atoms with Crippen molar-refractivity contribution in [3.05, 3.63) is 24.3 Å². The van der Waals surface area contributed by atoms with Crippen molar-refractivity contribution >= 4 is 82.8 Å². The molecule has 1 fully saturated rings. The Morgan fingerprint density at radius 2 is 0.918 bits per heavy atom. The monoisotopic (exact) mass is 1560 g/mol. The normalized spacial score (nSPS) is 24.0. The summed E-state index contributed by atoms with van der Waals surface area (Å²) in [6.07, 6.45) is 12.0. The van der Waals surface area contributed by atoms with Gasteiger partial charge in [0.2, 0.25) is 65.0 Å². The van der Waals surface area contributed by atoms with E-state index < -0.39 is 168 Å². The molecule has 110 heavy (non-hydrogen) atoms. The Morgan fingerprint density at radius 3 is 1.45 bits per heavy atom. The van der Waals surface area contributed by atoms with Gasteiger partial charge in [-0.2, -0.15) is 0 Å². The van der Waals surface area contributed by atoms with Gasteiger partial charge < -0.3 is 114 Å². The molecule has 3 heterocycles. The molecule has 27 N–H and O–H groups in total. The number of amides is 13. The predicted octanol–water partition coefficient (Wildman–Crippen LogP) is -1.40. The third-order valence-corrected chi connectivity index (χ3v) is 19.5. The second kappa shape index (κ2) is 54.4. The quantitative estimate of drug-likeness (QED) is 0.0251. The van der Waals surface area contributed by atoms with E-state index >= 15 is 24.0 Å². The SMILES string of the molecule is CC(C)C[C@H](NC(=O)[C@H](CCCCN)NC(=O)[C@@H]1CC/C=C/CC[C@H](NC(=O)[C@H](CCCCN)NC(=O)[C@@H](N)CC(C)C)C(=O)N[C@@H](CCCCN)C(=O)N[C@H]2CC/C=C/CC[C@H](NC(=O)[C@H](CCCCN)NC(=O)CNC(=O)[C@H]3CCCN3C(=O)N[C@@H](CCCCN)C2=O)C(=O)N[C@@H](CCCCN)C(=O)N1)C(=O)O. The number of hydrogen-bond donors (Lipinski definition) is 20. The number of carboxylic acid groups (broad SMARTS) is 1. The smallest absolute Gasteiger partial charge is 0.326 e. The van der Waals surface area contributed by atoms with Gasteiger partial charge in [-0.25, -0.2) is 9.59 Å². The first-order valence-corrected chi connectivity index (χ1v) is 40.0. The molecule has 0 aliphatic carbocycles. The van der Waals surface area contributed by atoms with Gasteiger partial charge in [0.15, 0.2) is 5.78 Å². The van der Waals surface area contributed by atoms with Crippen LogP contribution in [0.2, 0.25) is 0 Å². The lowest BCUT2D eigenvalue weighted by molar-refractivity contribution is -0.143. The van der Waals surface area contributed by atoms with Gasteiger partial charge in [-0.15, -0.1) is 0 Å². The van der Waals surface area contributed by atoms with Crippen molar-refractivity contribution in [2.45, 2.75) is 299 Å². The molecule has 0 radical (unpaired) electrons. The molecule has 0 aromatic carbocycles. The third-order valence-electron chi connectivity index (χ3n) is 19.5. The van der Waals surface area contributed by atoms with E-state index in [9.17, 15) is 48.3 Å². The van der Waals surface area contributed by atoms with Crippen molar-refractivity contribution in [2.24, 2.45) is 52.0 Å². The van der Waals surface area contributed by atoms with Gasteiger partial charge in [0.05, 0.1) is 24.7 Å². The molecular formula is C75H134N20O15. The molecule has 35 heteroatoms. The Balaban J connectivity index is 2.44. The Kier molecular flexibility index (Phi) is 47.5. The molecule has 0 unspecified atom stereocenters. The maximum Gasteiger partial charge on any atom is 0.326 e. The maximum atomic E-state index is 15.3. The minimum Gasteiger partial charge on any atom is -0.480 e. The minimum absolute atomic E-state index is 0.0159. The highest BCUT2D eigenvalue weighted by Crippen LogP contribution is 2.21. The van der Waals surface area contributed by atoms with Crippen LogP contribution in [0, 0.1) is 11.8 Å². The fourth-order valence-corrected chi connectivity index (χ4v) is 13.3. The van der Waals surface area contributed by atoms with Crippen LogP contribution >= 0.6 is 0 Å². The average molecular weight is 1560 g/mol. The Hall–Kier alpha value is -8.22. The van der Waals surface area contributed by atoms with Gasteiger partial charge in [0.25, 0.3) is 0 Å². The van der Waals surface area contributed by atoms with Crippen LogP contribution in [0.5, 0.6) is 0 Å². The first-order chi connectivity index (χ1) is 52.6. The number of unbranched alkanes of at least 4 members (excludes halogenated alkanes) is 6. The summed E-state index contributed by atoms with van der Waals surface area (Å²) in [5, 5.41) is 43.2. The summed E-state index contributed by atoms with van der Waals surface area (Å²) in [4.78, 5) is 204. The number of carbonyl (C=O) groups excluding carboxylic acids is 13. The van der Waals surface area contributed by atoms with E-state index in [0.717, 1.165) is 0 Å². The number of nitrogens with two attached hydrogens (primary N) is 7. The van der Waals surface area contributed by atoms with E-state index in [1.807, 2.05) is 13.8 Å². The summed E-state index contributed by atoms with van der Waals surface area (Å²) in [5.74, 6) is -10.7. The Bertz CT molecular complexity index is 2980. The van der Waals surface area contributed by atoms with Gasteiger partial charge in [0, 0.05) is 6.54 Å². The van der Waals surface area contributed by atoms with Gasteiger partial charge in [-0.3, -0.25) is 57.5 Å². The zero-order valence-electron chi connectivity index (χ0n) is 65.5. The van der Waals surface area contributed by atoms with Crippen molar-refractivity contribution in [3.8, 4) is 0 Å². The molecule has 3 rings (SSSR count). The molecule has 1 saturated heterocycles. The topological polar surface area (TPSA) is 589 Å². The molecule has 0 saturated carbocycles. The zero-order valence-corrected chi connectivity index (χ0v) is 65.5. The van der Waals surface area contributed by atoms with Crippen LogP contribution in [0.25, 0.3) is 0 Å². The average Bonchev–Trinajstić information content (AvgIpc) is 1.60. The van der Waals surface area contributed by atoms with Gasteiger partial charge in [0.1, 0.15) is 60.4 Å². The van der Waals surface area contributed by atoms with Crippen molar-refractivity contribution in [1.82, 2.24) is 68.7 Å². The highest BCUT2D eigenvalue weighted by Gasteiger charge is 2.40. The molecule has 0 aromatic heterocycles. The number of hydrogen-bond acceptors (Lipinski definition) is 21. The van der Waals surface area contributed by atoms with E-state index in [1.54, 1.807) is 38.2 Å². The summed E-state index contributed by atoms with van der Waals surface area (Å²) < 4.78 is 0. The molecule has 624 valence electrons. The lowest BCUT2D eigenvalue weighted by atomic mass is 9.95. The fraction of sp³-hybridized carbons (Fsp3) is 0.760. The van der Waals surface area contributed by atoms with Crippen LogP contribution in [-0.2, 0) is 62.3 Å². The highest BCUT2D eigenvalue weighted by atomic mass is 16.4. The first kappa shape index (κ1) is 96.0. The summed E-state index contributed by atoms with van der Waals surface area (Å²) >= 11 is 0. The molecule has 13 amide bonds. The first-order valence-electron chi connectivity index (χ1n) is 40.0. The van der Waals surface area contributed by atoms with Crippen molar-refractivity contribution < 1.29 is 72.2 Å². The van der Waals surface area contributed by atoms with E-state index in [0.29, 0.717) is 83.5 Å². The maximum absolute atomic E-state index is 15.3. The number of allylic oxidation sites excluding steroid dienone is 4. The number of rotatable bonds is 37. The van der Waals surface area contributed by atoms with E-state index in [-0.39, 0.29) is 167 Å². The van der Waals surface area contributed by atoms with Crippen molar-refractivity contribution in [1.29, 1.82) is 0 Å². The summed E-state index contributed by atoms with van der Waals surface area (Å²) in [6.45, 7) is 8.20. The second-order valence-corrected chi connectivity index (χ2v) is 29.8. The number of ketones is 1. The van der Waals surface area contributed by atoms with Gasteiger partial charge >= 0.3 is 12.0 Å². The number of carboxylic acids is 1. The zero-order chi connectivity index (χ0) is 81.5. The summed E-state index contributed by atoms with van der Waals surface area (Å²) in [7, 11) is 0. The Morgan fingerprint density at radius 1 is 0.464 bits per heavy atom. The van der Waals surface area contributed by atoms with Crippen LogP contribution in [0.4, 0.5) is 4.79 Å². The van der Waals surface area contributed by atoms with Crippen LogP contribution < -0.4 is 104 Å². The number of fused-ring (bicyclic) bond motifs is 7. The number of urea groups is 1. The van der Waals surface area contributed by atoms with Gasteiger partial charge in [-0.1, -0.05) is 52.0 Å². The third kappa shape index (κ3) is 36.7. The largest absolute Gasteiger partial charge is 0.480 e. The number of carbonyl (C=O) groups is 14. The van der Waals surface area contributed by atoms with E-state index in [2.05, 4.69) is 63.8 Å². The Labute approximate surface area is 648 Å². The molecule has 0 spiro atoms. The lowest BCUT2D eigenvalue weighted by Crippen LogP contribution is -2.60. The molecule has 13 atom stereocenters. The van der Waals surface area contributed by atoms with Crippen LogP contribution in [0.1, 0.15) is 220 Å². The molecule has 3 aliphatic rings. The molecular weight excluding hydrogens is 1420 g/mol. The van der Waals surface area contributed by atoms with Crippen molar-refractivity contribution in [2.75, 3.05) is 52.4 Å².